The van der Waals surface area contributed by atoms with E-state index in [0.29, 0.717) is 8.83 Å². The monoisotopic (exact) mass is 378 g/mol. The van der Waals surface area contributed by atoms with E-state index in [1.807, 2.05) is 12.1 Å². The highest BCUT2D eigenvalue weighted by atomic mass is 32.2. The molecule has 0 saturated carbocycles. The van der Waals surface area contributed by atoms with Crippen LogP contribution in [0.25, 0.3) is 6.08 Å². The number of aliphatic carboxylic acids is 1. The van der Waals surface area contributed by atoms with Gasteiger partial charge in [0.2, 0.25) is 5.88 Å². The summed E-state index contributed by atoms with van der Waals surface area (Å²) in [7, 11) is 0. The van der Waals surface area contributed by atoms with Crippen LogP contribution < -0.4 is 4.90 Å². The zero-order valence-corrected chi connectivity index (χ0v) is 15.2. The number of fused-ring (bicyclic) bond motifs is 1. The van der Waals surface area contributed by atoms with Gasteiger partial charge in [-0.3, -0.25) is 9.36 Å². The molecule has 2 aromatic rings. The topological polar surface area (TPSA) is 65.7 Å². The molecule has 0 radical (unpaired) electrons. The highest BCUT2D eigenvalue weighted by Crippen LogP contribution is 2.45. The summed E-state index contributed by atoms with van der Waals surface area (Å²) < 4.78 is 1.52. The summed E-state index contributed by atoms with van der Waals surface area (Å²) in [6.07, 6.45) is 1.66. The number of rotatable bonds is 4. The van der Waals surface area contributed by atoms with Crippen molar-refractivity contribution in [1.82, 2.24) is 4.57 Å². The number of para-hydroxylation sites is 1. The minimum Gasteiger partial charge on any atom is -0.493 e. The molecule has 0 aliphatic carbocycles. The fourth-order valence-corrected chi connectivity index (χ4v) is 4.65. The summed E-state index contributed by atoms with van der Waals surface area (Å²) in [4.78, 5) is 14.6. The molecule has 0 bridgehead atoms. The van der Waals surface area contributed by atoms with Crippen LogP contribution in [0.2, 0.25) is 0 Å². The van der Waals surface area contributed by atoms with Crippen molar-refractivity contribution in [2.45, 2.75) is 18.4 Å². The first kappa shape index (κ1) is 16.9. The Kier molecular flexibility index (Phi) is 4.82. The van der Waals surface area contributed by atoms with Crippen LogP contribution in [0.3, 0.4) is 0 Å². The fourth-order valence-electron chi connectivity index (χ4n) is 2.37. The molecule has 5 nitrogen and oxygen atoms in total. The first-order valence-corrected chi connectivity index (χ1v) is 9.21. The molecule has 0 saturated heterocycles. The molecule has 0 amide bonds. The third-order valence-corrected chi connectivity index (χ3v) is 5.92. The molecule has 2 heterocycles. The molecule has 1 aromatic heterocycles. The van der Waals surface area contributed by atoms with Crippen molar-refractivity contribution < 1.29 is 15.0 Å². The van der Waals surface area contributed by atoms with Gasteiger partial charge in [0.25, 0.3) is 0 Å². The van der Waals surface area contributed by atoms with Gasteiger partial charge < -0.3 is 15.1 Å². The summed E-state index contributed by atoms with van der Waals surface area (Å²) >= 11 is 7.89. The number of hydrogen-bond donors (Lipinski definition) is 2. The molecule has 8 heteroatoms. The first-order valence-electron chi connectivity index (χ1n) is 7.16. The third kappa shape index (κ3) is 3.14. The van der Waals surface area contributed by atoms with E-state index >= 15 is 0 Å². The average Bonchev–Trinajstić information content (AvgIpc) is 3.04. The van der Waals surface area contributed by atoms with Crippen LogP contribution in [0, 0.1) is 3.95 Å². The number of aromatic nitrogens is 1. The molecule has 124 valence electrons. The van der Waals surface area contributed by atoms with E-state index in [9.17, 15) is 9.90 Å². The van der Waals surface area contributed by atoms with Gasteiger partial charge in [0.1, 0.15) is 11.6 Å². The largest absolute Gasteiger partial charge is 0.493 e. The number of anilines is 1. The molecule has 1 aromatic carbocycles. The van der Waals surface area contributed by atoms with E-state index in [0.717, 1.165) is 33.5 Å². The van der Waals surface area contributed by atoms with Crippen molar-refractivity contribution >= 4 is 53.0 Å². The Bertz CT molecular complexity index is 923. The number of thioether (sulfide) groups is 1. The van der Waals surface area contributed by atoms with Crippen molar-refractivity contribution in [2.24, 2.45) is 0 Å². The average molecular weight is 379 g/mol. The maximum absolute atomic E-state index is 10.8. The molecular formula is C16H14N2O3S3. The van der Waals surface area contributed by atoms with E-state index < -0.39 is 5.97 Å². The highest BCUT2D eigenvalue weighted by molar-refractivity contribution is 8.03. The van der Waals surface area contributed by atoms with Gasteiger partial charge >= 0.3 is 5.97 Å². The highest BCUT2D eigenvalue weighted by Gasteiger charge is 2.23. The van der Waals surface area contributed by atoms with E-state index in [4.69, 9.17) is 17.3 Å². The van der Waals surface area contributed by atoms with Gasteiger partial charge in [-0.05, 0) is 31.3 Å². The van der Waals surface area contributed by atoms with Gasteiger partial charge in [0, 0.05) is 17.5 Å². The molecular weight excluding hydrogens is 364 g/mol. The van der Waals surface area contributed by atoms with Crippen LogP contribution in [0.4, 0.5) is 5.69 Å². The van der Waals surface area contributed by atoms with Crippen LogP contribution in [0.5, 0.6) is 5.88 Å². The zero-order chi connectivity index (χ0) is 17.3. The van der Waals surface area contributed by atoms with Crippen LogP contribution in [-0.4, -0.2) is 27.3 Å². The second kappa shape index (κ2) is 6.86. The molecule has 1 aliphatic heterocycles. The second-order valence-electron chi connectivity index (χ2n) is 4.94. The molecule has 1 aliphatic rings. The smallest absolute Gasteiger partial charge is 0.323 e. The van der Waals surface area contributed by atoms with E-state index in [2.05, 4.69) is 29.7 Å². The van der Waals surface area contributed by atoms with Gasteiger partial charge in [-0.2, -0.15) is 0 Å². The lowest BCUT2D eigenvalue weighted by Gasteiger charge is -2.15. The zero-order valence-electron chi connectivity index (χ0n) is 12.7. The number of hydrogen-bond acceptors (Lipinski definition) is 6. The number of carboxylic acids is 1. The SMILES string of the molecule is CCN1C(=C=Cc2sc(=S)n(CC(=O)O)c2O)Sc2ccccc21. The van der Waals surface area contributed by atoms with E-state index in [-0.39, 0.29) is 12.4 Å². The summed E-state index contributed by atoms with van der Waals surface area (Å²) in [6.45, 7) is 2.52. The Hall–Kier alpha value is -1.99. The first-order chi connectivity index (χ1) is 11.5. The molecule has 0 unspecified atom stereocenters. The number of carboxylic acid groups (broad SMARTS) is 1. The molecule has 0 spiro atoms. The predicted molar refractivity (Wildman–Crippen MR) is 99.3 cm³/mol. The Morgan fingerprint density at radius 3 is 2.88 bits per heavy atom. The molecule has 24 heavy (non-hydrogen) atoms. The summed E-state index contributed by atoms with van der Waals surface area (Å²) in [5.74, 6) is -1.18. The number of thiazole rings is 1. The van der Waals surface area contributed by atoms with Crippen molar-refractivity contribution in [3.8, 4) is 5.88 Å². The number of benzene rings is 1. The molecule has 3 rings (SSSR count). The number of nitrogens with zero attached hydrogens (tertiary/aromatic N) is 2. The van der Waals surface area contributed by atoms with Gasteiger partial charge in [0.15, 0.2) is 3.95 Å². The van der Waals surface area contributed by atoms with Gasteiger partial charge in [-0.15, -0.1) is 11.3 Å². The van der Waals surface area contributed by atoms with Crippen molar-refractivity contribution in [3.63, 3.8) is 0 Å². The van der Waals surface area contributed by atoms with Crippen molar-refractivity contribution in [3.05, 3.63) is 43.9 Å². The molecule has 0 fully saturated rings. The predicted octanol–water partition coefficient (Wildman–Crippen LogP) is 4.15. The molecule has 0 atom stereocenters. The summed E-state index contributed by atoms with van der Waals surface area (Å²) in [5, 5.41) is 20.0. The second-order valence-corrected chi connectivity index (χ2v) is 7.65. The third-order valence-electron chi connectivity index (χ3n) is 3.44. The van der Waals surface area contributed by atoms with Crippen molar-refractivity contribution in [2.75, 3.05) is 11.4 Å². The summed E-state index contributed by atoms with van der Waals surface area (Å²) in [5.41, 5.74) is 4.34. The minimum absolute atomic E-state index is 0.135. The Labute approximate surface area is 152 Å². The Balaban J connectivity index is 1.98. The van der Waals surface area contributed by atoms with Crippen LogP contribution >= 0.6 is 35.3 Å². The van der Waals surface area contributed by atoms with Gasteiger partial charge in [-0.1, -0.05) is 29.6 Å². The lowest BCUT2D eigenvalue weighted by molar-refractivity contribution is -0.137. The maximum Gasteiger partial charge on any atom is 0.323 e. The van der Waals surface area contributed by atoms with Gasteiger partial charge in [-0.25, -0.2) is 0 Å². The Morgan fingerprint density at radius 1 is 1.42 bits per heavy atom. The van der Waals surface area contributed by atoms with Crippen molar-refractivity contribution in [1.29, 1.82) is 0 Å². The maximum atomic E-state index is 10.8. The molecule has 2 N–H and O–H groups in total. The van der Waals surface area contributed by atoms with E-state index in [1.54, 1.807) is 17.8 Å². The lowest BCUT2D eigenvalue weighted by atomic mass is 10.3. The van der Waals surface area contributed by atoms with E-state index in [1.165, 1.54) is 4.57 Å². The number of carbonyl (C=O) groups is 1. The quantitative estimate of drug-likeness (QED) is 0.615. The van der Waals surface area contributed by atoms with Gasteiger partial charge in [0.05, 0.1) is 10.6 Å². The summed E-state index contributed by atoms with van der Waals surface area (Å²) in [6, 6.07) is 8.11. The minimum atomic E-state index is -1.05. The Morgan fingerprint density at radius 2 is 2.17 bits per heavy atom. The van der Waals surface area contributed by atoms with Crippen LogP contribution in [-0.2, 0) is 11.3 Å². The normalized spacial score (nSPS) is 12.9. The number of aromatic hydroxyl groups is 1. The standard InChI is InChI=1S/C16H14N2O3S3/c1-2-17-10-5-3-4-6-11(10)23-13(17)8-7-12-15(21)18(9-14(19)20)16(22)24-12/h3-7,21H,2,9H2,1H3,(H,19,20). The van der Waals surface area contributed by atoms with Crippen LogP contribution in [0.1, 0.15) is 11.8 Å². The fraction of sp³-hybridized carbons (Fsp3) is 0.188. The van der Waals surface area contributed by atoms with Crippen LogP contribution in [0.15, 0.2) is 39.9 Å². The lowest BCUT2D eigenvalue weighted by Crippen LogP contribution is -2.15.